The van der Waals surface area contributed by atoms with Crippen LogP contribution in [-0.2, 0) is 24.3 Å². The van der Waals surface area contributed by atoms with E-state index in [1.54, 1.807) is 42.5 Å². The number of rotatable bonds is 8. The van der Waals surface area contributed by atoms with Gasteiger partial charge in [-0.25, -0.2) is 8.42 Å². The Labute approximate surface area is 190 Å². The number of nitriles is 1. The number of carbonyl (C=O) groups is 2. The Bertz CT molecular complexity index is 1210. The van der Waals surface area contributed by atoms with E-state index in [0.717, 1.165) is 0 Å². The third-order valence-electron chi connectivity index (χ3n) is 4.47. The van der Waals surface area contributed by atoms with E-state index < -0.39 is 28.5 Å². The smallest absolute Gasteiger partial charge is 0.308 e. The summed E-state index contributed by atoms with van der Waals surface area (Å²) in [4.78, 5) is 30.2. The minimum atomic E-state index is -3.65. The first-order valence-corrected chi connectivity index (χ1v) is 11.4. The van der Waals surface area contributed by atoms with Crippen molar-refractivity contribution in [2.75, 3.05) is 24.6 Å². The van der Waals surface area contributed by atoms with Crippen LogP contribution in [0.5, 0.6) is 0 Å². The zero-order valence-corrected chi connectivity index (χ0v) is 18.4. The van der Waals surface area contributed by atoms with Crippen molar-refractivity contribution in [3.8, 4) is 6.07 Å². The van der Waals surface area contributed by atoms with Crippen LogP contribution in [0.3, 0.4) is 0 Å². The van der Waals surface area contributed by atoms with Crippen LogP contribution in [0, 0.1) is 11.3 Å². The third-order valence-corrected chi connectivity index (χ3v) is 6.11. The van der Waals surface area contributed by atoms with E-state index in [-0.39, 0.29) is 36.7 Å². The predicted octanol–water partition coefficient (Wildman–Crippen LogP) is 2.26. The molecule has 1 aliphatic heterocycles. The average molecular weight is 475 g/mol. The van der Waals surface area contributed by atoms with Gasteiger partial charge >= 0.3 is 5.97 Å². The molecule has 166 valence electrons. The van der Waals surface area contributed by atoms with Gasteiger partial charge in [-0.2, -0.15) is 5.26 Å². The number of benzene rings is 2. The second-order valence-corrected chi connectivity index (χ2v) is 8.76. The molecule has 0 fully saturated rings. The number of aliphatic imine (C=N–C) groups is 1. The van der Waals surface area contributed by atoms with Crippen LogP contribution in [0.15, 0.2) is 58.4 Å². The first-order chi connectivity index (χ1) is 15.3. The van der Waals surface area contributed by atoms with Crippen LogP contribution in [0.1, 0.15) is 18.4 Å². The van der Waals surface area contributed by atoms with Crippen LogP contribution in [-0.4, -0.2) is 45.8 Å². The molecule has 0 spiro atoms. The van der Waals surface area contributed by atoms with E-state index >= 15 is 0 Å². The van der Waals surface area contributed by atoms with Crippen molar-refractivity contribution in [3.63, 3.8) is 0 Å². The summed E-state index contributed by atoms with van der Waals surface area (Å²) in [5.74, 6) is -1.00. The fourth-order valence-electron chi connectivity index (χ4n) is 3.01. The molecule has 2 aromatic carbocycles. The number of halogens is 1. The van der Waals surface area contributed by atoms with Gasteiger partial charge in [-0.15, -0.1) is 0 Å². The van der Waals surface area contributed by atoms with Crippen molar-refractivity contribution in [1.82, 2.24) is 4.72 Å². The normalized spacial score (nSPS) is 14.8. The topological polar surface area (TPSA) is 129 Å². The summed E-state index contributed by atoms with van der Waals surface area (Å²) in [6.07, 6.45) is -0.0445. The zero-order chi connectivity index (χ0) is 23.1. The highest BCUT2D eigenvalue weighted by Gasteiger charge is 2.30. The first-order valence-electron chi connectivity index (χ1n) is 9.57. The molecular formula is C21H19ClN4O5S. The highest BCUT2D eigenvalue weighted by atomic mass is 35.5. The molecule has 0 unspecified atom stereocenters. The van der Waals surface area contributed by atoms with Crippen LogP contribution >= 0.6 is 11.6 Å². The minimum absolute atomic E-state index is 0.0222. The molecule has 0 saturated heterocycles. The molecule has 9 nitrogen and oxygen atoms in total. The van der Waals surface area contributed by atoms with Crippen molar-refractivity contribution in [2.24, 2.45) is 4.99 Å². The predicted molar refractivity (Wildman–Crippen MR) is 118 cm³/mol. The molecule has 1 heterocycles. The maximum atomic E-state index is 12.5. The molecule has 0 bridgehead atoms. The molecular weight excluding hydrogens is 456 g/mol. The fraction of sp³-hybridized carbons (Fsp3) is 0.238. The lowest BCUT2D eigenvalue weighted by Gasteiger charge is -2.21. The lowest BCUT2D eigenvalue weighted by atomic mass is 10.2. The molecule has 1 aliphatic rings. The second-order valence-electron chi connectivity index (χ2n) is 6.68. The number of hydrogen-bond donors (Lipinski definition) is 1. The number of carbonyl (C=O) groups excluding carboxylic acids is 2. The summed E-state index contributed by atoms with van der Waals surface area (Å²) >= 11 is 5.97. The number of ether oxygens (including phenoxy) is 1. The minimum Gasteiger partial charge on any atom is -0.455 e. The average Bonchev–Trinajstić information content (AvgIpc) is 3.03. The Morgan fingerprint density at radius 2 is 1.97 bits per heavy atom. The Balaban J connectivity index is 1.56. The van der Waals surface area contributed by atoms with Crippen molar-refractivity contribution in [1.29, 1.82) is 5.26 Å². The lowest BCUT2D eigenvalue weighted by molar-refractivity contribution is -0.147. The number of hydrogen-bond acceptors (Lipinski definition) is 7. The SMILES string of the molecule is N#CCCN(C(=O)COC(=O)CCN=C1NS(=O)(=O)c2ccccc21)c1cccc(Cl)c1. The van der Waals surface area contributed by atoms with Crippen molar-refractivity contribution < 1.29 is 22.7 Å². The highest BCUT2D eigenvalue weighted by Crippen LogP contribution is 2.22. The van der Waals surface area contributed by atoms with Gasteiger partial charge in [0.15, 0.2) is 6.61 Å². The molecule has 1 N–H and O–H groups in total. The Morgan fingerprint density at radius 1 is 1.19 bits per heavy atom. The number of sulfonamides is 1. The van der Waals surface area contributed by atoms with Crippen LogP contribution in [0.2, 0.25) is 5.02 Å². The van der Waals surface area contributed by atoms with Gasteiger partial charge in [0.2, 0.25) is 0 Å². The van der Waals surface area contributed by atoms with Crippen LogP contribution < -0.4 is 9.62 Å². The van der Waals surface area contributed by atoms with Crippen molar-refractivity contribution in [3.05, 3.63) is 59.1 Å². The largest absolute Gasteiger partial charge is 0.455 e. The van der Waals surface area contributed by atoms with Gasteiger partial charge in [0.25, 0.3) is 15.9 Å². The van der Waals surface area contributed by atoms with E-state index in [1.807, 2.05) is 6.07 Å². The molecule has 2 aromatic rings. The number of nitrogens with zero attached hydrogens (tertiary/aromatic N) is 3. The standard InChI is InChI=1S/C21H19ClN4O5S/c22-15-5-3-6-16(13-15)26(12-4-10-23)19(27)14-31-20(28)9-11-24-21-17-7-1-2-8-18(17)32(29,30)25-21/h1-3,5-8,13H,4,9,11-12,14H2,(H,24,25). The number of esters is 1. The number of fused-ring (bicyclic) bond motifs is 1. The van der Waals surface area contributed by atoms with Crippen LogP contribution in [0.25, 0.3) is 0 Å². The monoisotopic (exact) mass is 474 g/mol. The van der Waals surface area contributed by atoms with Crippen molar-refractivity contribution >= 4 is 45.0 Å². The third kappa shape index (κ3) is 5.63. The molecule has 3 rings (SSSR count). The maximum Gasteiger partial charge on any atom is 0.308 e. The van der Waals surface area contributed by atoms with E-state index in [4.69, 9.17) is 21.6 Å². The summed E-state index contributed by atoms with van der Waals surface area (Å²) in [6.45, 7) is -0.408. The number of amidine groups is 1. The quantitative estimate of drug-likeness (QED) is 0.584. The van der Waals surface area contributed by atoms with E-state index in [2.05, 4.69) is 9.71 Å². The van der Waals surface area contributed by atoms with Gasteiger partial charge in [0, 0.05) is 22.8 Å². The molecule has 0 radical (unpaired) electrons. The number of nitrogens with one attached hydrogen (secondary N) is 1. The van der Waals surface area contributed by atoms with Crippen LogP contribution in [0.4, 0.5) is 5.69 Å². The van der Waals surface area contributed by atoms with E-state index in [0.29, 0.717) is 16.3 Å². The van der Waals surface area contributed by atoms with Gasteiger partial charge in [-0.3, -0.25) is 19.3 Å². The highest BCUT2D eigenvalue weighted by molar-refractivity contribution is 7.90. The molecule has 0 atom stereocenters. The van der Waals surface area contributed by atoms with Gasteiger partial charge in [0.1, 0.15) is 5.84 Å². The van der Waals surface area contributed by atoms with Gasteiger partial charge in [0.05, 0.1) is 30.4 Å². The maximum absolute atomic E-state index is 12.5. The summed E-state index contributed by atoms with van der Waals surface area (Å²) in [6, 6.07) is 14.9. The molecule has 0 aliphatic carbocycles. The zero-order valence-electron chi connectivity index (χ0n) is 16.8. The number of amides is 1. The molecule has 0 aromatic heterocycles. The van der Waals surface area contributed by atoms with Crippen molar-refractivity contribution in [2.45, 2.75) is 17.7 Å². The second kappa shape index (κ2) is 10.3. The van der Waals surface area contributed by atoms with E-state index in [9.17, 15) is 18.0 Å². The Kier molecular flexibility index (Phi) is 7.45. The van der Waals surface area contributed by atoms with Gasteiger partial charge in [-0.1, -0.05) is 29.8 Å². The fourth-order valence-corrected chi connectivity index (χ4v) is 4.44. The van der Waals surface area contributed by atoms with Gasteiger partial charge < -0.3 is 9.64 Å². The summed E-state index contributed by atoms with van der Waals surface area (Å²) in [5.41, 5.74) is 0.929. The molecule has 0 saturated carbocycles. The molecule has 11 heteroatoms. The molecule has 32 heavy (non-hydrogen) atoms. The Hall–Kier alpha value is -3.42. The summed E-state index contributed by atoms with van der Waals surface area (Å²) < 4.78 is 31.5. The summed E-state index contributed by atoms with van der Waals surface area (Å²) in [5, 5.41) is 9.27. The Morgan fingerprint density at radius 3 is 2.72 bits per heavy atom. The van der Waals surface area contributed by atoms with Gasteiger partial charge in [-0.05, 0) is 30.3 Å². The van der Waals surface area contributed by atoms with E-state index in [1.165, 1.54) is 11.0 Å². The lowest BCUT2D eigenvalue weighted by Crippen LogP contribution is -2.35. The summed E-state index contributed by atoms with van der Waals surface area (Å²) in [7, 11) is -3.65. The molecule has 1 amide bonds. The first kappa shape index (κ1) is 23.2. The number of anilines is 1.